The van der Waals surface area contributed by atoms with Gasteiger partial charge in [-0.25, -0.2) is 4.98 Å². The van der Waals surface area contributed by atoms with Crippen LogP contribution in [0.25, 0.3) is 0 Å². The summed E-state index contributed by atoms with van der Waals surface area (Å²) in [6.07, 6.45) is 4.53. The molecule has 1 saturated carbocycles. The van der Waals surface area contributed by atoms with E-state index >= 15 is 0 Å². The topological polar surface area (TPSA) is 56.7 Å². The number of aliphatic hydroxyl groups is 1. The van der Waals surface area contributed by atoms with Gasteiger partial charge in [0.25, 0.3) is 0 Å². The zero-order valence-corrected chi connectivity index (χ0v) is 17.9. The Labute approximate surface area is 177 Å². The summed E-state index contributed by atoms with van der Waals surface area (Å²) >= 11 is 0. The lowest BCUT2D eigenvalue weighted by atomic mass is 9.92. The van der Waals surface area contributed by atoms with E-state index in [1.165, 1.54) is 6.20 Å². The smallest absolute Gasteiger partial charge is 0.393 e. The van der Waals surface area contributed by atoms with Crippen molar-refractivity contribution in [3.63, 3.8) is 0 Å². The number of piperidine rings is 1. The van der Waals surface area contributed by atoms with Crippen LogP contribution in [0.4, 0.5) is 19.0 Å². The van der Waals surface area contributed by atoms with E-state index in [0.29, 0.717) is 17.8 Å². The maximum absolute atomic E-state index is 12.6. The zero-order valence-electron chi connectivity index (χ0n) is 17.9. The predicted molar refractivity (Wildman–Crippen MR) is 111 cm³/mol. The molecule has 0 spiro atoms. The van der Waals surface area contributed by atoms with E-state index in [-0.39, 0.29) is 6.10 Å². The van der Waals surface area contributed by atoms with Gasteiger partial charge in [-0.05, 0) is 63.0 Å². The molecule has 0 radical (unpaired) electrons. The van der Waals surface area contributed by atoms with Crippen LogP contribution in [0.2, 0.25) is 0 Å². The Morgan fingerprint density at radius 2 is 1.97 bits per heavy atom. The number of anilines is 1. The summed E-state index contributed by atoms with van der Waals surface area (Å²) in [5.74, 6) is 0.950. The molecule has 3 rings (SSSR count). The molecule has 2 fully saturated rings. The quantitative estimate of drug-likeness (QED) is 0.701. The third-order valence-corrected chi connectivity index (χ3v) is 5.81. The first-order valence-corrected chi connectivity index (χ1v) is 10.9. The van der Waals surface area contributed by atoms with Crippen molar-refractivity contribution < 1.29 is 23.1 Å². The first kappa shape index (κ1) is 24.4. The van der Waals surface area contributed by atoms with E-state index in [4.69, 9.17) is 0 Å². The van der Waals surface area contributed by atoms with E-state index < -0.39 is 11.7 Å². The molecule has 1 aromatic rings. The summed E-state index contributed by atoms with van der Waals surface area (Å²) in [6.45, 7) is 6.62. The van der Waals surface area contributed by atoms with Crippen molar-refractivity contribution in [3.05, 3.63) is 23.9 Å². The Morgan fingerprint density at radius 3 is 2.53 bits per heavy atom. The monoisotopic (exact) mass is 429 g/mol. The molecular formula is C22H34F3N3O2. The van der Waals surface area contributed by atoms with Crippen molar-refractivity contribution >= 4 is 12.2 Å². The number of hydrogen-bond acceptors (Lipinski definition) is 4. The van der Waals surface area contributed by atoms with Crippen molar-refractivity contribution in [1.82, 2.24) is 9.88 Å². The molecule has 0 bridgehead atoms. The van der Waals surface area contributed by atoms with Gasteiger partial charge in [0, 0.05) is 31.9 Å². The number of carbonyl (C=O) groups excluding carboxylic acids is 1. The number of nitrogens with zero attached hydrogens (tertiary/aromatic N) is 3. The summed E-state index contributed by atoms with van der Waals surface area (Å²) in [5, 5.41) is 9.30. The van der Waals surface area contributed by atoms with E-state index in [2.05, 4.69) is 18.8 Å². The van der Waals surface area contributed by atoms with Crippen molar-refractivity contribution in [2.24, 2.45) is 5.92 Å². The lowest BCUT2D eigenvalue weighted by molar-refractivity contribution is -0.137. The van der Waals surface area contributed by atoms with Crippen LogP contribution < -0.4 is 4.90 Å². The van der Waals surface area contributed by atoms with Gasteiger partial charge in [-0.1, -0.05) is 13.8 Å². The van der Waals surface area contributed by atoms with Gasteiger partial charge in [0.1, 0.15) is 5.82 Å². The molecule has 1 aliphatic heterocycles. The fraction of sp³-hybridized carbons (Fsp3) is 0.727. The molecule has 0 aromatic carbocycles. The van der Waals surface area contributed by atoms with Crippen molar-refractivity contribution in [2.45, 2.75) is 77.1 Å². The highest BCUT2D eigenvalue weighted by Gasteiger charge is 2.31. The molecule has 1 N–H and O–H groups in total. The van der Waals surface area contributed by atoms with Gasteiger partial charge >= 0.3 is 6.18 Å². The third-order valence-electron chi connectivity index (χ3n) is 5.81. The van der Waals surface area contributed by atoms with Crippen molar-refractivity contribution in [1.29, 1.82) is 0 Å². The second-order valence-electron chi connectivity index (χ2n) is 8.40. The average molecular weight is 430 g/mol. The van der Waals surface area contributed by atoms with Gasteiger partial charge in [0.05, 0.1) is 11.7 Å². The standard InChI is InChI=1S/C12H15F3N2.C10H19NO2/c1-9-3-2-6-17(8-9)11-7-10(4-5-16-11)12(13,14)15;1-2-7-11(8-12)9-3-5-10(13)6-4-9/h4-5,7,9H,2-3,6,8H2,1H3;8-10,13H,2-7H2,1H3. The Bertz CT molecular complexity index is 649. The molecule has 1 aliphatic carbocycles. The molecule has 5 nitrogen and oxygen atoms in total. The molecule has 1 unspecified atom stereocenters. The van der Waals surface area contributed by atoms with Gasteiger partial charge in [0.15, 0.2) is 0 Å². The van der Waals surface area contributed by atoms with E-state index in [1.54, 1.807) is 0 Å². The minimum atomic E-state index is -4.29. The van der Waals surface area contributed by atoms with E-state index in [1.807, 2.05) is 9.80 Å². The zero-order chi connectivity index (χ0) is 22.1. The summed E-state index contributed by atoms with van der Waals surface area (Å²) in [7, 11) is 0. The Morgan fingerprint density at radius 1 is 1.27 bits per heavy atom. The highest BCUT2D eigenvalue weighted by Crippen LogP contribution is 2.31. The second kappa shape index (κ2) is 11.5. The lowest BCUT2D eigenvalue weighted by Crippen LogP contribution is -2.38. The number of aromatic nitrogens is 1. The molecule has 1 aromatic heterocycles. The van der Waals surface area contributed by atoms with Gasteiger partial charge in [-0.2, -0.15) is 13.2 Å². The molecule has 170 valence electrons. The fourth-order valence-corrected chi connectivity index (χ4v) is 4.13. The molecule has 1 atom stereocenters. The van der Waals surface area contributed by atoms with Crippen LogP contribution in [0.1, 0.15) is 64.4 Å². The normalized spacial score (nSPS) is 24.6. The molecule has 30 heavy (non-hydrogen) atoms. The average Bonchev–Trinajstić information content (AvgIpc) is 2.73. The number of hydrogen-bond donors (Lipinski definition) is 1. The van der Waals surface area contributed by atoms with Crippen LogP contribution in [0.15, 0.2) is 18.3 Å². The van der Waals surface area contributed by atoms with Gasteiger partial charge in [-0.3, -0.25) is 4.79 Å². The Hall–Kier alpha value is -1.83. The number of rotatable bonds is 5. The third kappa shape index (κ3) is 7.45. The largest absolute Gasteiger partial charge is 0.416 e. The first-order valence-electron chi connectivity index (χ1n) is 10.9. The summed E-state index contributed by atoms with van der Waals surface area (Å²) in [4.78, 5) is 18.6. The number of amides is 1. The number of aliphatic hydroxyl groups excluding tert-OH is 1. The number of halogens is 3. The molecule has 1 amide bonds. The van der Waals surface area contributed by atoms with E-state index in [9.17, 15) is 23.1 Å². The Balaban J connectivity index is 0.000000222. The number of carbonyl (C=O) groups is 1. The minimum absolute atomic E-state index is 0.133. The van der Waals surface area contributed by atoms with Crippen LogP contribution in [-0.4, -0.2) is 53.2 Å². The highest BCUT2D eigenvalue weighted by molar-refractivity contribution is 5.47. The number of alkyl halides is 3. The van der Waals surface area contributed by atoms with Gasteiger partial charge in [0.2, 0.25) is 6.41 Å². The molecule has 1 saturated heterocycles. The van der Waals surface area contributed by atoms with Crippen LogP contribution in [-0.2, 0) is 11.0 Å². The lowest BCUT2D eigenvalue weighted by Gasteiger charge is -2.32. The SMILES string of the molecule is CC1CCCN(c2cc(C(F)(F)F)ccn2)C1.CCCN(C=O)C1CCC(O)CC1. The molecule has 2 aliphatic rings. The summed E-state index contributed by atoms with van der Waals surface area (Å²) in [6, 6.07) is 2.52. The number of pyridine rings is 1. The van der Waals surface area contributed by atoms with Crippen molar-refractivity contribution in [2.75, 3.05) is 24.5 Å². The van der Waals surface area contributed by atoms with Crippen LogP contribution in [0.3, 0.4) is 0 Å². The molecular weight excluding hydrogens is 395 g/mol. The van der Waals surface area contributed by atoms with Crippen LogP contribution in [0, 0.1) is 5.92 Å². The molecule has 2 heterocycles. The van der Waals surface area contributed by atoms with E-state index in [0.717, 1.165) is 83.1 Å². The first-order chi connectivity index (χ1) is 14.2. The summed E-state index contributed by atoms with van der Waals surface area (Å²) < 4.78 is 37.7. The van der Waals surface area contributed by atoms with Gasteiger partial charge in [-0.15, -0.1) is 0 Å². The molecule has 8 heteroatoms. The predicted octanol–water partition coefficient (Wildman–Crippen LogP) is 4.50. The summed E-state index contributed by atoms with van der Waals surface area (Å²) in [5.41, 5.74) is -0.624. The van der Waals surface area contributed by atoms with Crippen molar-refractivity contribution in [3.8, 4) is 0 Å². The van der Waals surface area contributed by atoms with Crippen LogP contribution >= 0.6 is 0 Å². The maximum atomic E-state index is 12.6. The highest BCUT2D eigenvalue weighted by atomic mass is 19.4. The maximum Gasteiger partial charge on any atom is 0.416 e. The second-order valence-corrected chi connectivity index (χ2v) is 8.40. The fourth-order valence-electron chi connectivity index (χ4n) is 4.13. The Kier molecular flexibility index (Phi) is 9.39. The van der Waals surface area contributed by atoms with Crippen LogP contribution in [0.5, 0.6) is 0 Å². The van der Waals surface area contributed by atoms with Gasteiger partial charge < -0.3 is 14.9 Å². The minimum Gasteiger partial charge on any atom is -0.393 e.